The minimum absolute atomic E-state index is 0.183. The smallest absolute Gasteiger partial charge is 0.0751 e. The Labute approximate surface area is 109 Å². The Bertz CT molecular complexity index is 462. The Hall–Kier alpha value is -1.67. The topological polar surface area (TPSA) is 24.9 Å². The molecule has 1 N–H and O–H groups in total. The highest BCUT2D eigenvalue weighted by atomic mass is 14.9. The van der Waals surface area contributed by atoms with Crippen LogP contribution in [0.2, 0.25) is 0 Å². The van der Waals surface area contributed by atoms with E-state index in [0.29, 0.717) is 0 Å². The van der Waals surface area contributed by atoms with Crippen molar-refractivity contribution in [3.63, 3.8) is 0 Å². The van der Waals surface area contributed by atoms with Gasteiger partial charge in [0.15, 0.2) is 0 Å². The molecule has 1 unspecified atom stereocenters. The van der Waals surface area contributed by atoms with E-state index in [1.807, 2.05) is 18.3 Å². The van der Waals surface area contributed by atoms with Gasteiger partial charge in [-0.25, -0.2) is 0 Å². The number of pyridine rings is 1. The zero-order chi connectivity index (χ0) is 12.8. The molecule has 1 atom stereocenters. The van der Waals surface area contributed by atoms with Gasteiger partial charge in [-0.3, -0.25) is 4.98 Å². The van der Waals surface area contributed by atoms with E-state index in [2.05, 4.69) is 54.5 Å². The van der Waals surface area contributed by atoms with Gasteiger partial charge in [0.25, 0.3) is 0 Å². The van der Waals surface area contributed by atoms with Crippen LogP contribution < -0.4 is 5.32 Å². The molecule has 0 aliphatic heterocycles. The fourth-order valence-electron chi connectivity index (χ4n) is 2.09. The molecule has 2 heteroatoms. The molecule has 1 heterocycles. The van der Waals surface area contributed by atoms with E-state index in [0.717, 1.165) is 18.7 Å². The molecule has 0 bridgehead atoms. The lowest BCUT2D eigenvalue weighted by atomic mass is 10.0. The van der Waals surface area contributed by atoms with Crippen LogP contribution >= 0.6 is 0 Å². The average molecular weight is 240 g/mol. The van der Waals surface area contributed by atoms with Crippen LogP contribution in [-0.2, 0) is 6.42 Å². The van der Waals surface area contributed by atoms with E-state index in [1.165, 1.54) is 11.1 Å². The first-order valence-corrected chi connectivity index (χ1v) is 6.58. The van der Waals surface area contributed by atoms with E-state index in [1.54, 1.807) is 0 Å². The molecule has 2 rings (SSSR count). The van der Waals surface area contributed by atoms with Crippen molar-refractivity contribution in [2.24, 2.45) is 0 Å². The van der Waals surface area contributed by atoms with Crippen LogP contribution in [0.3, 0.4) is 0 Å². The van der Waals surface area contributed by atoms with Crippen molar-refractivity contribution in [2.75, 3.05) is 6.54 Å². The predicted molar refractivity (Wildman–Crippen MR) is 75.6 cm³/mol. The van der Waals surface area contributed by atoms with Crippen molar-refractivity contribution in [3.8, 4) is 0 Å². The van der Waals surface area contributed by atoms with Crippen LogP contribution in [0, 0.1) is 0 Å². The number of aryl methyl sites for hydroxylation is 1. The van der Waals surface area contributed by atoms with Crippen LogP contribution in [-0.4, -0.2) is 11.5 Å². The van der Waals surface area contributed by atoms with Crippen molar-refractivity contribution in [3.05, 3.63) is 65.5 Å². The molecule has 2 nitrogen and oxygen atoms in total. The Balaban J connectivity index is 2.29. The fraction of sp³-hybridized carbons (Fsp3) is 0.312. The largest absolute Gasteiger partial charge is 0.305 e. The molecule has 0 radical (unpaired) electrons. The summed E-state index contributed by atoms with van der Waals surface area (Å²) in [7, 11) is 0. The van der Waals surface area contributed by atoms with E-state index >= 15 is 0 Å². The van der Waals surface area contributed by atoms with Crippen molar-refractivity contribution in [1.29, 1.82) is 0 Å². The predicted octanol–water partition coefficient (Wildman–Crippen LogP) is 3.34. The number of nitrogens with zero attached hydrogens (tertiary/aromatic N) is 1. The van der Waals surface area contributed by atoms with Gasteiger partial charge < -0.3 is 5.32 Å². The van der Waals surface area contributed by atoms with E-state index < -0.39 is 0 Å². The van der Waals surface area contributed by atoms with E-state index in [-0.39, 0.29) is 6.04 Å². The molecule has 1 aromatic carbocycles. The molecule has 0 amide bonds. The van der Waals surface area contributed by atoms with Crippen LogP contribution in [0.4, 0.5) is 0 Å². The van der Waals surface area contributed by atoms with E-state index in [4.69, 9.17) is 0 Å². The summed E-state index contributed by atoms with van der Waals surface area (Å²) in [6.45, 7) is 5.22. The summed E-state index contributed by atoms with van der Waals surface area (Å²) < 4.78 is 0. The van der Waals surface area contributed by atoms with Crippen LogP contribution in [0.5, 0.6) is 0 Å². The number of rotatable bonds is 5. The monoisotopic (exact) mass is 240 g/mol. The maximum atomic E-state index is 4.45. The van der Waals surface area contributed by atoms with Gasteiger partial charge in [0.1, 0.15) is 0 Å². The third-order valence-electron chi connectivity index (χ3n) is 3.11. The lowest BCUT2D eigenvalue weighted by Gasteiger charge is -2.18. The third-order valence-corrected chi connectivity index (χ3v) is 3.11. The van der Waals surface area contributed by atoms with Crippen LogP contribution in [0.1, 0.15) is 36.7 Å². The number of nitrogens with one attached hydrogen (secondary N) is 1. The SMILES string of the molecule is CCNC(c1ccc(CC)cc1)c1ccccn1. The van der Waals surface area contributed by atoms with Gasteiger partial charge in [0, 0.05) is 6.20 Å². The molecular weight excluding hydrogens is 220 g/mol. The highest BCUT2D eigenvalue weighted by Gasteiger charge is 2.13. The van der Waals surface area contributed by atoms with Crippen molar-refractivity contribution < 1.29 is 0 Å². The third kappa shape index (κ3) is 2.96. The second kappa shape index (κ2) is 6.31. The van der Waals surface area contributed by atoms with Gasteiger partial charge >= 0.3 is 0 Å². The first-order valence-electron chi connectivity index (χ1n) is 6.58. The lowest BCUT2D eigenvalue weighted by molar-refractivity contribution is 0.615. The summed E-state index contributed by atoms with van der Waals surface area (Å²) in [6.07, 6.45) is 2.93. The van der Waals surface area contributed by atoms with Crippen molar-refractivity contribution >= 4 is 0 Å². The summed E-state index contributed by atoms with van der Waals surface area (Å²) in [5, 5.41) is 3.49. The standard InChI is InChI=1S/C16H20N2/c1-3-13-8-10-14(11-9-13)16(17-4-2)15-7-5-6-12-18-15/h5-12,16-17H,3-4H2,1-2H3. The summed E-state index contributed by atoms with van der Waals surface area (Å²) >= 11 is 0. The first-order chi connectivity index (χ1) is 8.85. The number of hydrogen-bond acceptors (Lipinski definition) is 2. The Morgan fingerprint density at radius 2 is 1.83 bits per heavy atom. The maximum absolute atomic E-state index is 4.45. The van der Waals surface area contributed by atoms with Gasteiger partial charge in [0.2, 0.25) is 0 Å². The van der Waals surface area contributed by atoms with Gasteiger partial charge in [-0.2, -0.15) is 0 Å². The van der Waals surface area contributed by atoms with Crippen LogP contribution in [0.15, 0.2) is 48.7 Å². The zero-order valence-electron chi connectivity index (χ0n) is 11.1. The molecule has 0 fully saturated rings. The second-order valence-corrected chi connectivity index (χ2v) is 4.34. The van der Waals surface area contributed by atoms with Gasteiger partial charge in [0.05, 0.1) is 11.7 Å². The van der Waals surface area contributed by atoms with Gasteiger partial charge in [-0.1, -0.05) is 44.2 Å². The Kier molecular flexibility index (Phi) is 4.48. The maximum Gasteiger partial charge on any atom is 0.0751 e. The van der Waals surface area contributed by atoms with E-state index in [9.17, 15) is 0 Å². The minimum atomic E-state index is 0.183. The summed E-state index contributed by atoms with van der Waals surface area (Å²) in [5.74, 6) is 0. The molecule has 18 heavy (non-hydrogen) atoms. The van der Waals surface area contributed by atoms with Gasteiger partial charge in [-0.15, -0.1) is 0 Å². The summed E-state index contributed by atoms with van der Waals surface area (Å²) in [5.41, 5.74) is 3.71. The van der Waals surface area contributed by atoms with Crippen LogP contribution in [0.25, 0.3) is 0 Å². The van der Waals surface area contributed by atoms with Crippen molar-refractivity contribution in [2.45, 2.75) is 26.3 Å². The first kappa shape index (κ1) is 12.8. The molecule has 94 valence electrons. The molecule has 0 saturated carbocycles. The summed E-state index contributed by atoms with van der Waals surface area (Å²) in [6, 6.07) is 15.0. The zero-order valence-corrected chi connectivity index (χ0v) is 11.1. The molecule has 2 aromatic rings. The average Bonchev–Trinajstić information content (AvgIpc) is 2.46. The molecule has 1 aromatic heterocycles. The highest BCUT2D eigenvalue weighted by Crippen LogP contribution is 2.20. The minimum Gasteiger partial charge on any atom is -0.305 e. The molecule has 0 aliphatic carbocycles. The Morgan fingerprint density at radius 3 is 2.39 bits per heavy atom. The lowest BCUT2D eigenvalue weighted by Crippen LogP contribution is -2.22. The second-order valence-electron chi connectivity index (χ2n) is 4.34. The van der Waals surface area contributed by atoms with Crippen molar-refractivity contribution in [1.82, 2.24) is 10.3 Å². The Morgan fingerprint density at radius 1 is 1.06 bits per heavy atom. The van der Waals surface area contributed by atoms with Gasteiger partial charge in [-0.05, 0) is 36.2 Å². The highest BCUT2D eigenvalue weighted by molar-refractivity contribution is 5.30. The quantitative estimate of drug-likeness (QED) is 0.867. The number of hydrogen-bond donors (Lipinski definition) is 1. The number of aromatic nitrogens is 1. The molecular formula is C16H20N2. The molecule has 0 spiro atoms. The number of benzene rings is 1. The molecule has 0 saturated heterocycles. The normalized spacial score (nSPS) is 12.3. The molecule has 0 aliphatic rings. The summed E-state index contributed by atoms with van der Waals surface area (Å²) in [4.78, 5) is 4.45. The fourth-order valence-corrected chi connectivity index (χ4v) is 2.09.